The van der Waals surface area contributed by atoms with Crippen molar-refractivity contribution in [1.82, 2.24) is 9.94 Å². The molecule has 0 aliphatic heterocycles. The highest BCUT2D eigenvalue weighted by molar-refractivity contribution is 5.67. The lowest BCUT2D eigenvalue weighted by Gasteiger charge is -2.01. The van der Waals surface area contributed by atoms with Crippen molar-refractivity contribution in [3.05, 3.63) is 27.6 Å². The minimum absolute atomic E-state index is 0.365. The first-order valence-electron chi connectivity index (χ1n) is 3.72. The van der Waals surface area contributed by atoms with Gasteiger partial charge in [-0.15, -0.1) is 15.2 Å². The molecule has 1 heterocycles. The molecule has 0 saturated carbocycles. The van der Waals surface area contributed by atoms with E-state index in [0.717, 1.165) is 11.4 Å². The minimum atomic E-state index is -1.50. The van der Waals surface area contributed by atoms with Gasteiger partial charge in [-0.1, -0.05) is 4.85 Å². The van der Waals surface area contributed by atoms with E-state index in [4.69, 9.17) is 31.3 Å². The van der Waals surface area contributed by atoms with Gasteiger partial charge in [0.1, 0.15) is 0 Å². The Morgan fingerprint density at radius 3 is 2.53 bits per heavy atom. The molecule has 1 aromatic heterocycles. The fourth-order valence-corrected chi connectivity index (χ4v) is 0.794. The van der Waals surface area contributed by atoms with Crippen molar-refractivity contribution in [1.29, 1.82) is 5.41 Å². The van der Waals surface area contributed by atoms with Crippen LogP contribution in [-0.2, 0) is 0 Å². The van der Waals surface area contributed by atoms with Gasteiger partial charge in [0.25, 0.3) is 5.09 Å². The molecule has 4 N–H and O–H groups in total. The second-order valence-corrected chi connectivity index (χ2v) is 2.49. The molecule has 0 radical (unpaired) electrons. The highest BCUT2D eigenvalue weighted by atomic mass is 16.9. The summed E-state index contributed by atoms with van der Waals surface area (Å²) in [6, 6.07) is 1.47. The molecule has 0 aromatic carbocycles. The van der Waals surface area contributed by atoms with Crippen LogP contribution in [0.4, 0.5) is 0 Å². The monoisotopic (exact) mass is 217 g/mol. The average Bonchev–Trinajstić information content (AvgIpc) is 2.27. The first kappa shape index (κ1) is 12.7. The van der Waals surface area contributed by atoms with Crippen molar-refractivity contribution in [2.45, 2.75) is 13.8 Å². The first-order valence-corrected chi connectivity index (χ1v) is 3.72. The van der Waals surface area contributed by atoms with Crippen LogP contribution in [0.2, 0.25) is 0 Å². The maximum absolute atomic E-state index is 8.36. The number of nitrogens with one attached hydrogen (secondary N) is 1. The summed E-state index contributed by atoms with van der Waals surface area (Å²) < 4.78 is 0. The van der Waals surface area contributed by atoms with Crippen LogP contribution in [0.15, 0.2) is 6.07 Å². The summed E-state index contributed by atoms with van der Waals surface area (Å²) in [4.78, 5) is 14.3. The molecular formula is C6H11N5O4. The molecule has 1 aromatic rings. The Kier molecular flexibility index (Phi) is 4.58. The van der Waals surface area contributed by atoms with Crippen LogP contribution in [0.5, 0.6) is 0 Å². The normalized spacial score (nSPS) is 8.67. The average molecular weight is 217 g/mol. The van der Waals surface area contributed by atoms with Gasteiger partial charge >= 0.3 is 6.02 Å². The van der Waals surface area contributed by atoms with Crippen molar-refractivity contribution in [3.8, 4) is 0 Å². The van der Waals surface area contributed by atoms with E-state index in [1.807, 2.05) is 19.9 Å². The summed E-state index contributed by atoms with van der Waals surface area (Å²) >= 11 is 0. The third-order valence-corrected chi connectivity index (χ3v) is 1.15. The standard InChI is InChI=1S/C6H10N4O.HNO3/c1-4-3-5(2)10(9-4)11-6(7)8;2-1(3)4/h3H,1-2H3,(H3,7,8);(H,2,3,4). The second kappa shape index (κ2) is 5.42. The van der Waals surface area contributed by atoms with Gasteiger partial charge in [0.15, 0.2) is 0 Å². The Hall–Kier alpha value is -2.32. The summed E-state index contributed by atoms with van der Waals surface area (Å²) in [6.07, 6.45) is 0. The molecule has 0 unspecified atom stereocenters. The highest BCUT2D eigenvalue weighted by Gasteiger charge is 2.01. The van der Waals surface area contributed by atoms with E-state index in [0.29, 0.717) is 0 Å². The van der Waals surface area contributed by atoms with Crippen LogP contribution in [0, 0.1) is 29.4 Å². The minimum Gasteiger partial charge on any atom is -0.352 e. The van der Waals surface area contributed by atoms with Gasteiger partial charge in [0, 0.05) is 0 Å². The zero-order valence-electron chi connectivity index (χ0n) is 8.17. The fourth-order valence-electron chi connectivity index (χ4n) is 0.794. The molecule has 0 spiro atoms. The Balaban J connectivity index is 0.000000423. The number of aromatic nitrogens is 2. The van der Waals surface area contributed by atoms with Crippen molar-refractivity contribution in [2.75, 3.05) is 0 Å². The Labute approximate surface area is 84.6 Å². The predicted molar refractivity (Wildman–Crippen MR) is 49.0 cm³/mol. The number of aryl methyl sites for hydroxylation is 2. The van der Waals surface area contributed by atoms with Crippen molar-refractivity contribution < 1.29 is 15.1 Å². The van der Waals surface area contributed by atoms with E-state index in [1.165, 1.54) is 4.85 Å². The van der Waals surface area contributed by atoms with Crippen molar-refractivity contribution in [3.63, 3.8) is 0 Å². The Bertz CT molecular complexity index is 356. The summed E-state index contributed by atoms with van der Waals surface area (Å²) in [5.41, 5.74) is 6.66. The van der Waals surface area contributed by atoms with Gasteiger partial charge < -0.3 is 15.8 Å². The van der Waals surface area contributed by atoms with E-state index in [2.05, 4.69) is 5.10 Å². The molecule has 0 saturated heterocycles. The van der Waals surface area contributed by atoms with Gasteiger partial charge in [-0.25, -0.2) is 5.41 Å². The van der Waals surface area contributed by atoms with Gasteiger partial charge in [0.2, 0.25) is 0 Å². The molecule has 1 rings (SSSR count). The summed E-state index contributed by atoms with van der Waals surface area (Å²) in [5, 5.41) is 24.4. The molecule has 0 aliphatic carbocycles. The van der Waals surface area contributed by atoms with E-state index >= 15 is 0 Å². The van der Waals surface area contributed by atoms with Crippen LogP contribution in [0.1, 0.15) is 11.4 Å². The molecule has 0 aliphatic rings. The molecule has 0 atom stereocenters. The number of nitrogens with two attached hydrogens (primary N) is 1. The molecule has 84 valence electrons. The van der Waals surface area contributed by atoms with E-state index in [1.54, 1.807) is 0 Å². The number of hydrogen-bond acceptors (Lipinski definition) is 5. The summed E-state index contributed by atoms with van der Waals surface area (Å²) in [5.74, 6) is 0. The zero-order valence-corrected chi connectivity index (χ0v) is 8.17. The van der Waals surface area contributed by atoms with Crippen LogP contribution in [0.25, 0.3) is 0 Å². The maximum atomic E-state index is 8.36. The molecule has 0 fully saturated rings. The third kappa shape index (κ3) is 5.85. The number of amidine groups is 1. The van der Waals surface area contributed by atoms with Crippen LogP contribution >= 0.6 is 0 Å². The first-order chi connectivity index (χ1) is 6.82. The number of rotatable bonds is 1. The van der Waals surface area contributed by atoms with Crippen molar-refractivity contribution >= 4 is 6.02 Å². The number of hydrogen-bond donors (Lipinski definition) is 3. The van der Waals surface area contributed by atoms with Crippen LogP contribution in [-0.4, -0.2) is 26.3 Å². The Morgan fingerprint density at radius 2 is 2.27 bits per heavy atom. The van der Waals surface area contributed by atoms with Gasteiger partial charge in [0.05, 0.1) is 11.4 Å². The van der Waals surface area contributed by atoms with Crippen molar-refractivity contribution in [2.24, 2.45) is 5.73 Å². The lowest BCUT2D eigenvalue weighted by Crippen LogP contribution is -2.27. The number of nitrogens with zero attached hydrogens (tertiary/aromatic N) is 3. The zero-order chi connectivity index (χ0) is 12.0. The molecule has 0 bridgehead atoms. The largest absolute Gasteiger partial charge is 0.352 e. The summed E-state index contributed by atoms with van der Waals surface area (Å²) in [6.45, 7) is 3.66. The van der Waals surface area contributed by atoms with E-state index < -0.39 is 5.09 Å². The molecule has 15 heavy (non-hydrogen) atoms. The van der Waals surface area contributed by atoms with E-state index in [9.17, 15) is 0 Å². The smallest absolute Gasteiger partial charge is 0.309 e. The van der Waals surface area contributed by atoms with Crippen LogP contribution in [0.3, 0.4) is 0 Å². The quantitative estimate of drug-likeness (QED) is 0.250. The predicted octanol–water partition coefficient (Wildman–Crippen LogP) is -0.526. The fraction of sp³-hybridized carbons (Fsp3) is 0.333. The topological polar surface area (TPSA) is 140 Å². The van der Waals surface area contributed by atoms with Gasteiger partial charge in [-0.3, -0.25) is 0 Å². The molecule has 9 heteroatoms. The maximum Gasteiger partial charge on any atom is 0.309 e. The van der Waals surface area contributed by atoms with Crippen LogP contribution < -0.4 is 10.6 Å². The lowest BCUT2D eigenvalue weighted by molar-refractivity contribution is -0.742. The third-order valence-electron chi connectivity index (χ3n) is 1.15. The molecule has 9 nitrogen and oxygen atoms in total. The Morgan fingerprint density at radius 1 is 1.80 bits per heavy atom. The molecular weight excluding hydrogens is 206 g/mol. The van der Waals surface area contributed by atoms with Gasteiger partial charge in [-0.05, 0) is 19.9 Å². The second-order valence-electron chi connectivity index (χ2n) is 2.49. The van der Waals surface area contributed by atoms with E-state index in [-0.39, 0.29) is 6.02 Å². The van der Waals surface area contributed by atoms with Gasteiger partial charge in [-0.2, -0.15) is 0 Å². The summed E-state index contributed by atoms with van der Waals surface area (Å²) in [7, 11) is 0. The lowest BCUT2D eigenvalue weighted by atomic mass is 10.4. The SMILES string of the molecule is Cc1cc(C)n(OC(=N)N)n1.O=[N+]([O-])O. The highest BCUT2D eigenvalue weighted by Crippen LogP contribution is 1.98. The molecule has 0 amide bonds.